The average molecular weight is 264 g/mol. The lowest BCUT2D eigenvalue weighted by molar-refractivity contribution is -0.119. The summed E-state index contributed by atoms with van der Waals surface area (Å²) >= 11 is 1.49. The molecule has 0 aliphatic rings. The minimum atomic E-state index is -0.567. The van der Waals surface area contributed by atoms with Crippen molar-refractivity contribution in [2.45, 2.75) is 32.4 Å². The quantitative estimate of drug-likeness (QED) is 0.892. The highest BCUT2D eigenvalue weighted by Gasteiger charge is 2.20. The zero-order valence-corrected chi connectivity index (χ0v) is 11.2. The highest BCUT2D eigenvalue weighted by atomic mass is 32.1. The summed E-state index contributed by atoms with van der Waals surface area (Å²) in [4.78, 5) is 17.1. The molecular weight excluding hydrogens is 248 g/mol. The fourth-order valence-corrected chi connectivity index (χ4v) is 2.47. The van der Waals surface area contributed by atoms with Crippen LogP contribution in [0.2, 0.25) is 0 Å². The van der Waals surface area contributed by atoms with Gasteiger partial charge in [0.15, 0.2) is 5.78 Å². The van der Waals surface area contributed by atoms with Crippen molar-refractivity contribution < 1.29 is 4.79 Å². The minimum Gasteiger partial charge on any atom is -0.317 e. The molecule has 0 fully saturated rings. The van der Waals surface area contributed by atoms with Crippen molar-refractivity contribution in [2.75, 3.05) is 0 Å². The lowest BCUT2D eigenvalue weighted by Gasteiger charge is -2.11. The Hall–Kier alpha value is -1.53. The van der Waals surface area contributed by atoms with Crippen LogP contribution in [0.25, 0.3) is 0 Å². The smallest absolute Gasteiger partial charge is 0.162 e. The second-order valence-corrected chi connectivity index (χ2v) is 5.33. The van der Waals surface area contributed by atoms with E-state index in [4.69, 9.17) is 5.73 Å². The van der Waals surface area contributed by atoms with E-state index in [0.717, 1.165) is 4.88 Å². The zero-order chi connectivity index (χ0) is 13.1. The molecule has 2 aromatic rings. The van der Waals surface area contributed by atoms with Gasteiger partial charge in [-0.1, -0.05) is 6.07 Å². The van der Waals surface area contributed by atoms with Crippen LogP contribution in [0.3, 0.4) is 0 Å². The van der Waals surface area contributed by atoms with E-state index in [0.29, 0.717) is 5.82 Å². The van der Waals surface area contributed by atoms with Crippen molar-refractivity contribution in [1.82, 2.24) is 14.8 Å². The van der Waals surface area contributed by atoms with Gasteiger partial charge in [0.1, 0.15) is 12.2 Å². The second-order valence-electron chi connectivity index (χ2n) is 4.35. The molecule has 0 saturated heterocycles. The Morgan fingerprint density at radius 1 is 1.56 bits per heavy atom. The monoisotopic (exact) mass is 264 g/mol. The molecule has 5 nitrogen and oxygen atoms in total. The molecular formula is C12H16N4OS. The van der Waals surface area contributed by atoms with Crippen LogP contribution < -0.4 is 5.73 Å². The zero-order valence-electron chi connectivity index (χ0n) is 10.4. The molecule has 0 aliphatic heterocycles. The van der Waals surface area contributed by atoms with Crippen LogP contribution in [0.4, 0.5) is 0 Å². The summed E-state index contributed by atoms with van der Waals surface area (Å²) in [6.07, 6.45) is 1.69. The third-order valence-electron chi connectivity index (χ3n) is 2.67. The van der Waals surface area contributed by atoms with Crippen molar-refractivity contribution in [3.63, 3.8) is 0 Å². The highest BCUT2D eigenvalue weighted by Crippen LogP contribution is 2.19. The Bertz CT molecular complexity index is 518. The highest BCUT2D eigenvalue weighted by molar-refractivity contribution is 7.10. The molecule has 2 rings (SSSR count). The molecule has 6 heteroatoms. The van der Waals surface area contributed by atoms with Crippen molar-refractivity contribution >= 4 is 17.1 Å². The van der Waals surface area contributed by atoms with Crippen molar-refractivity contribution in [1.29, 1.82) is 0 Å². The first-order chi connectivity index (χ1) is 8.59. The summed E-state index contributed by atoms with van der Waals surface area (Å²) in [7, 11) is 0. The topological polar surface area (TPSA) is 73.8 Å². The maximum atomic E-state index is 12.1. The molecule has 0 bridgehead atoms. The normalized spacial score (nSPS) is 12.9. The number of carbonyl (C=O) groups is 1. The number of Topliss-reactive ketones (excluding diaryl/α,β-unsaturated/α-hetero) is 1. The van der Waals surface area contributed by atoms with Crippen molar-refractivity contribution in [3.05, 3.63) is 34.5 Å². The maximum Gasteiger partial charge on any atom is 0.162 e. The first kappa shape index (κ1) is 12.9. The summed E-state index contributed by atoms with van der Waals surface area (Å²) in [5, 5.41) is 6.02. The van der Waals surface area contributed by atoms with E-state index >= 15 is 0 Å². The molecule has 1 unspecified atom stereocenters. The number of carbonyl (C=O) groups excluding carboxylic acids is 1. The Morgan fingerprint density at radius 3 is 2.94 bits per heavy atom. The second kappa shape index (κ2) is 5.41. The van der Waals surface area contributed by atoms with Crippen molar-refractivity contribution in [2.24, 2.45) is 5.73 Å². The van der Waals surface area contributed by atoms with Gasteiger partial charge >= 0.3 is 0 Å². The van der Waals surface area contributed by atoms with E-state index in [2.05, 4.69) is 10.1 Å². The van der Waals surface area contributed by atoms with Crippen LogP contribution in [0.5, 0.6) is 0 Å². The molecule has 0 saturated carbocycles. The van der Waals surface area contributed by atoms with E-state index in [1.807, 2.05) is 31.4 Å². The maximum absolute atomic E-state index is 12.1. The lowest BCUT2D eigenvalue weighted by Crippen LogP contribution is -2.24. The molecule has 1 atom stereocenters. The van der Waals surface area contributed by atoms with Gasteiger partial charge in [-0.3, -0.25) is 4.79 Å². The Balaban J connectivity index is 2.09. The third-order valence-corrected chi connectivity index (χ3v) is 3.62. The van der Waals surface area contributed by atoms with Gasteiger partial charge in [0.05, 0.1) is 12.5 Å². The molecule has 0 aromatic carbocycles. The molecule has 0 radical (unpaired) electrons. The standard InChI is InChI=1S/C12H16N4OS/c1-8(2)16-11(14-7-15-16)6-9(17)12(13)10-4-3-5-18-10/h3-5,7-8,12H,6,13H2,1-2H3. The number of nitrogens with zero attached hydrogens (tertiary/aromatic N) is 3. The van der Waals surface area contributed by atoms with Gasteiger partial charge in [-0.25, -0.2) is 9.67 Å². The summed E-state index contributed by atoms with van der Waals surface area (Å²) in [5.41, 5.74) is 5.93. The van der Waals surface area contributed by atoms with Gasteiger partial charge in [0.25, 0.3) is 0 Å². The summed E-state index contributed by atoms with van der Waals surface area (Å²) in [6, 6.07) is 3.39. The van der Waals surface area contributed by atoms with Crippen LogP contribution in [0.1, 0.15) is 36.6 Å². The number of thiophene rings is 1. The predicted molar refractivity (Wildman–Crippen MR) is 70.4 cm³/mol. The number of ketones is 1. The van der Waals surface area contributed by atoms with E-state index in [9.17, 15) is 4.79 Å². The third kappa shape index (κ3) is 2.65. The Morgan fingerprint density at radius 2 is 2.33 bits per heavy atom. The Labute approximate surface area is 110 Å². The molecule has 2 N–H and O–H groups in total. The molecule has 2 aromatic heterocycles. The number of aromatic nitrogens is 3. The first-order valence-corrected chi connectivity index (χ1v) is 6.67. The van der Waals surface area contributed by atoms with Gasteiger partial charge in [0, 0.05) is 10.9 Å². The van der Waals surface area contributed by atoms with Crippen LogP contribution in [0.15, 0.2) is 23.8 Å². The number of nitrogens with two attached hydrogens (primary N) is 1. The van der Waals surface area contributed by atoms with Gasteiger partial charge in [0.2, 0.25) is 0 Å². The lowest BCUT2D eigenvalue weighted by atomic mass is 10.1. The van der Waals surface area contributed by atoms with Crippen LogP contribution in [0, 0.1) is 0 Å². The fraction of sp³-hybridized carbons (Fsp3) is 0.417. The molecule has 18 heavy (non-hydrogen) atoms. The van der Waals surface area contributed by atoms with Gasteiger partial charge in [-0.15, -0.1) is 11.3 Å². The van der Waals surface area contributed by atoms with Gasteiger partial charge < -0.3 is 5.73 Å². The molecule has 0 amide bonds. The Kier molecular flexibility index (Phi) is 3.88. The molecule has 0 spiro atoms. The van der Waals surface area contributed by atoms with E-state index in [-0.39, 0.29) is 18.2 Å². The van der Waals surface area contributed by atoms with E-state index < -0.39 is 6.04 Å². The number of rotatable bonds is 5. The summed E-state index contributed by atoms with van der Waals surface area (Å²) in [6.45, 7) is 4.00. The number of hydrogen-bond acceptors (Lipinski definition) is 5. The van der Waals surface area contributed by atoms with E-state index in [1.54, 1.807) is 4.68 Å². The van der Waals surface area contributed by atoms with Crippen LogP contribution in [-0.2, 0) is 11.2 Å². The predicted octanol–water partition coefficient (Wildman–Crippen LogP) is 1.73. The molecule has 96 valence electrons. The van der Waals surface area contributed by atoms with Crippen molar-refractivity contribution in [3.8, 4) is 0 Å². The van der Waals surface area contributed by atoms with Crippen LogP contribution in [-0.4, -0.2) is 20.5 Å². The molecule has 2 heterocycles. The SMILES string of the molecule is CC(C)n1ncnc1CC(=O)C(N)c1cccs1. The largest absolute Gasteiger partial charge is 0.317 e. The minimum absolute atomic E-state index is 0.0349. The van der Waals surface area contributed by atoms with Gasteiger partial charge in [-0.2, -0.15) is 5.10 Å². The van der Waals surface area contributed by atoms with E-state index in [1.165, 1.54) is 17.7 Å². The summed E-state index contributed by atoms with van der Waals surface area (Å²) in [5.74, 6) is 0.634. The first-order valence-electron chi connectivity index (χ1n) is 5.79. The average Bonchev–Trinajstić information content (AvgIpc) is 2.98. The molecule has 0 aliphatic carbocycles. The number of hydrogen-bond donors (Lipinski definition) is 1. The van der Waals surface area contributed by atoms with Gasteiger partial charge in [-0.05, 0) is 25.3 Å². The summed E-state index contributed by atoms with van der Waals surface area (Å²) < 4.78 is 1.75. The van der Waals surface area contributed by atoms with Crippen LogP contribution >= 0.6 is 11.3 Å². The fourth-order valence-electron chi connectivity index (χ4n) is 1.72.